The maximum atomic E-state index is 10.6. The highest BCUT2D eigenvalue weighted by Crippen LogP contribution is 2.46. The van der Waals surface area contributed by atoms with Crippen LogP contribution in [0.3, 0.4) is 0 Å². The molecule has 1 aromatic rings. The van der Waals surface area contributed by atoms with Gasteiger partial charge >= 0.3 is 5.97 Å². The maximum Gasteiger partial charge on any atom is 0.305 e. The third-order valence-corrected chi connectivity index (χ3v) is 2.85. The molecule has 3 atom stereocenters. The topological polar surface area (TPSA) is 80.9 Å². The summed E-state index contributed by atoms with van der Waals surface area (Å²) in [5, 5.41) is 20.1. The van der Waals surface area contributed by atoms with E-state index in [-0.39, 0.29) is 12.5 Å². The molecule has 0 aliphatic heterocycles. The molecule has 1 fully saturated rings. The monoisotopic (exact) mass is 210 g/mol. The summed E-state index contributed by atoms with van der Waals surface area (Å²) in [4.78, 5) is 10.6. The second-order valence-corrected chi connectivity index (χ2v) is 4.25. The van der Waals surface area contributed by atoms with Gasteiger partial charge in [-0.1, -0.05) is 6.92 Å². The summed E-state index contributed by atoms with van der Waals surface area (Å²) in [6.45, 7) is 3.96. The quantitative estimate of drug-likeness (QED) is 0.796. The minimum Gasteiger partial charge on any atom is -0.481 e. The van der Waals surface area contributed by atoms with Crippen LogP contribution < -0.4 is 0 Å². The molecule has 1 heterocycles. The SMILES string of the molecule is CC1CC1c1nnnn1C(C)CC(=O)O. The van der Waals surface area contributed by atoms with Crippen LogP contribution in [0.5, 0.6) is 0 Å². The Morgan fingerprint density at radius 3 is 2.93 bits per heavy atom. The molecule has 3 unspecified atom stereocenters. The van der Waals surface area contributed by atoms with Crippen LogP contribution in [-0.4, -0.2) is 31.3 Å². The van der Waals surface area contributed by atoms with Gasteiger partial charge < -0.3 is 5.11 Å². The van der Waals surface area contributed by atoms with Crippen molar-refractivity contribution in [2.45, 2.75) is 38.6 Å². The normalized spacial score (nSPS) is 26.3. The van der Waals surface area contributed by atoms with Crippen molar-refractivity contribution >= 4 is 5.97 Å². The van der Waals surface area contributed by atoms with Gasteiger partial charge in [-0.3, -0.25) is 4.79 Å². The first-order valence-corrected chi connectivity index (χ1v) is 5.09. The Balaban J connectivity index is 2.13. The van der Waals surface area contributed by atoms with Crippen molar-refractivity contribution in [2.24, 2.45) is 5.92 Å². The number of tetrazole rings is 1. The molecule has 15 heavy (non-hydrogen) atoms. The Bertz CT molecular complexity index is 376. The highest BCUT2D eigenvalue weighted by molar-refractivity contribution is 5.67. The van der Waals surface area contributed by atoms with E-state index in [2.05, 4.69) is 22.4 Å². The maximum absolute atomic E-state index is 10.6. The van der Waals surface area contributed by atoms with Gasteiger partial charge in [-0.2, -0.15) is 0 Å². The average Bonchev–Trinajstić information content (AvgIpc) is 2.69. The number of nitrogens with zero attached hydrogens (tertiary/aromatic N) is 4. The average molecular weight is 210 g/mol. The molecule has 6 nitrogen and oxygen atoms in total. The summed E-state index contributed by atoms with van der Waals surface area (Å²) < 4.78 is 1.64. The molecule has 0 amide bonds. The van der Waals surface area contributed by atoms with Gasteiger partial charge in [0.2, 0.25) is 0 Å². The summed E-state index contributed by atoms with van der Waals surface area (Å²) in [5.74, 6) is 1.03. The second kappa shape index (κ2) is 3.60. The van der Waals surface area contributed by atoms with Crippen molar-refractivity contribution in [3.63, 3.8) is 0 Å². The Kier molecular flexibility index (Phi) is 2.42. The number of carbonyl (C=O) groups is 1. The molecular formula is C9H14N4O2. The van der Waals surface area contributed by atoms with E-state index < -0.39 is 5.97 Å². The van der Waals surface area contributed by atoms with Crippen LogP contribution in [0.4, 0.5) is 0 Å². The lowest BCUT2D eigenvalue weighted by molar-refractivity contribution is -0.137. The lowest BCUT2D eigenvalue weighted by Crippen LogP contribution is -2.14. The molecule has 0 aromatic carbocycles. The molecule has 1 N–H and O–H groups in total. The number of hydrogen-bond donors (Lipinski definition) is 1. The van der Waals surface area contributed by atoms with Crippen LogP contribution in [-0.2, 0) is 4.79 Å². The van der Waals surface area contributed by atoms with E-state index in [0.717, 1.165) is 12.2 Å². The molecule has 82 valence electrons. The number of aromatic nitrogens is 4. The predicted octanol–water partition coefficient (Wildman–Crippen LogP) is 0.832. The minimum atomic E-state index is -0.826. The zero-order valence-corrected chi connectivity index (χ0v) is 8.79. The van der Waals surface area contributed by atoms with Crippen LogP contribution >= 0.6 is 0 Å². The van der Waals surface area contributed by atoms with E-state index in [9.17, 15) is 4.79 Å². The van der Waals surface area contributed by atoms with E-state index in [1.54, 1.807) is 4.68 Å². The smallest absolute Gasteiger partial charge is 0.305 e. The number of carboxylic acids is 1. The van der Waals surface area contributed by atoms with Crippen molar-refractivity contribution in [3.05, 3.63) is 5.82 Å². The van der Waals surface area contributed by atoms with Gasteiger partial charge in [-0.25, -0.2) is 4.68 Å². The summed E-state index contributed by atoms with van der Waals surface area (Å²) in [6, 6.07) is -0.180. The van der Waals surface area contributed by atoms with Crippen molar-refractivity contribution in [1.29, 1.82) is 0 Å². The first kappa shape index (κ1) is 10.1. The van der Waals surface area contributed by atoms with Gasteiger partial charge in [0.15, 0.2) is 5.82 Å². The summed E-state index contributed by atoms with van der Waals surface area (Å²) in [6.07, 6.45) is 1.15. The van der Waals surface area contributed by atoms with E-state index in [0.29, 0.717) is 11.8 Å². The van der Waals surface area contributed by atoms with Gasteiger partial charge in [-0.15, -0.1) is 5.10 Å². The van der Waals surface area contributed by atoms with Gasteiger partial charge in [-0.05, 0) is 29.7 Å². The van der Waals surface area contributed by atoms with Crippen molar-refractivity contribution in [1.82, 2.24) is 20.2 Å². The minimum absolute atomic E-state index is 0.0547. The molecule has 0 spiro atoms. The Hall–Kier alpha value is -1.46. The van der Waals surface area contributed by atoms with Crippen molar-refractivity contribution < 1.29 is 9.90 Å². The van der Waals surface area contributed by atoms with Crippen LogP contribution in [0.2, 0.25) is 0 Å². The first-order chi connectivity index (χ1) is 7.09. The van der Waals surface area contributed by atoms with Crippen molar-refractivity contribution in [3.8, 4) is 0 Å². The fraction of sp³-hybridized carbons (Fsp3) is 0.778. The number of carboxylic acid groups (broad SMARTS) is 1. The fourth-order valence-electron chi connectivity index (χ4n) is 1.78. The molecular weight excluding hydrogens is 196 g/mol. The zero-order valence-electron chi connectivity index (χ0n) is 8.79. The third kappa shape index (κ3) is 1.98. The number of rotatable bonds is 4. The van der Waals surface area contributed by atoms with Gasteiger partial charge in [0.25, 0.3) is 0 Å². The molecule has 0 saturated heterocycles. The lowest BCUT2D eigenvalue weighted by atomic mass is 10.2. The molecule has 1 aromatic heterocycles. The molecule has 1 saturated carbocycles. The standard InChI is InChI=1S/C9H14N4O2/c1-5-3-7(5)9-10-11-12-13(9)6(2)4-8(14)15/h5-7H,3-4H2,1-2H3,(H,14,15). The van der Waals surface area contributed by atoms with Crippen LogP contribution in [0.1, 0.15) is 44.5 Å². The first-order valence-electron chi connectivity index (χ1n) is 5.09. The van der Waals surface area contributed by atoms with Crippen LogP contribution in [0.15, 0.2) is 0 Å². The number of hydrogen-bond acceptors (Lipinski definition) is 4. The third-order valence-electron chi connectivity index (χ3n) is 2.85. The van der Waals surface area contributed by atoms with E-state index >= 15 is 0 Å². The molecule has 1 aliphatic carbocycles. The summed E-state index contributed by atoms with van der Waals surface area (Å²) in [5.41, 5.74) is 0. The predicted molar refractivity (Wildman–Crippen MR) is 51.3 cm³/mol. The van der Waals surface area contributed by atoms with Crippen LogP contribution in [0, 0.1) is 5.92 Å². The van der Waals surface area contributed by atoms with Crippen LogP contribution in [0.25, 0.3) is 0 Å². The van der Waals surface area contributed by atoms with Gasteiger partial charge in [0, 0.05) is 5.92 Å². The molecule has 0 radical (unpaired) electrons. The highest BCUT2D eigenvalue weighted by atomic mass is 16.4. The summed E-state index contributed by atoms with van der Waals surface area (Å²) >= 11 is 0. The van der Waals surface area contributed by atoms with E-state index in [4.69, 9.17) is 5.11 Å². The second-order valence-electron chi connectivity index (χ2n) is 4.25. The number of aliphatic carboxylic acids is 1. The zero-order chi connectivity index (χ0) is 11.0. The van der Waals surface area contributed by atoms with E-state index in [1.807, 2.05) is 6.92 Å². The summed E-state index contributed by atoms with van der Waals surface area (Å²) in [7, 11) is 0. The van der Waals surface area contributed by atoms with Gasteiger partial charge in [0.05, 0.1) is 12.5 Å². The Morgan fingerprint density at radius 1 is 1.73 bits per heavy atom. The lowest BCUT2D eigenvalue weighted by Gasteiger charge is -2.10. The van der Waals surface area contributed by atoms with E-state index in [1.165, 1.54) is 0 Å². The molecule has 0 bridgehead atoms. The highest BCUT2D eigenvalue weighted by Gasteiger charge is 2.39. The van der Waals surface area contributed by atoms with Gasteiger partial charge in [0.1, 0.15) is 0 Å². The van der Waals surface area contributed by atoms with Crippen molar-refractivity contribution in [2.75, 3.05) is 0 Å². The molecule has 1 aliphatic rings. The molecule has 2 rings (SSSR count). The Morgan fingerprint density at radius 2 is 2.40 bits per heavy atom. The Labute approximate surface area is 87.3 Å². The molecule has 6 heteroatoms. The largest absolute Gasteiger partial charge is 0.481 e. The fourth-order valence-corrected chi connectivity index (χ4v) is 1.78.